The molecule has 1 atom stereocenters. The van der Waals surface area contributed by atoms with Crippen molar-refractivity contribution < 1.29 is 9.59 Å². The van der Waals surface area contributed by atoms with Gasteiger partial charge < -0.3 is 20.2 Å². The number of nitrogens with zero attached hydrogens (tertiary/aromatic N) is 3. The summed E-state index contributed by atoms with van der Waals surface area (Å²) in [5, 5.41) is 6.91. The first-order chi connectivity index (χ1) is 16.0. The Morgan fingerprint density at radius 1 is 1.18 bits per heavy atom. The molecule has 2 amide bonds. The van der Waals surface area contributed by atoms with E-state index in [1.165, 1.54) is 16.9 Å². The van der Waals surface area contributed by atoms with Crippen LogP contribution < -0.4 is 10.6 Å². The van der Waals surface area contributed by atoms with Crippen LogP contribution in [0.25, 0.3) is 22.2 Å². The van der Waals surface area contributed by atoms with Gasteiger partial charge in [0.15, 0.2) is 0 Å². The number of aromatic amines is 1. The quantitative estimate of drug-likeness (QED) is 0.306. The van der Waals surface area contributed by atoms with Crippen molar-refractivity contribution in [2.45, 2.75) is 38.1 Å². The highest BCUT2D eigenvalue weighted by atomic mass is 32.1. The van der Waals surface area contributed by atoms with Gasteiger partial charge in [0, 0.05) is 43.2 Å². The molecule has 0 saturated carbocycles. The second-order valence-electron chi connectivity index (χ2n) is 8.05. The normalized spacial score (nSPS) is 12.1. The van der Waals surface area contributed by atoms with Crippen molar-refractivity contribution in [1.29, 1.82) is 0 Å². The minimum absolute atomic E-state index is 0.0520. The van der Waals surface area contributed by atoms with Crippen molar-refractivity contribution in [3.63, 3.8) is 0 Å². The zero-order chi connectivity index (χ0) is 23.2. The van der Waals surface area contributed by atoms with E-state index in [0.29, 0.717) is 11.3 Å². The van der Waals surface area contributed by atoms with Crippen LogP contribution in [0.4, 0.5) is 0 Å². The van der Waals surface area contributed by atoms with Crippen molar-refractivity contribution in [3.8, 4) is 11.3 Å². The Bertz CT molecular complexity index is 1230. The van der Waals surface area contributed by atoms with Crippen LogP contribution in [0.2, 0.25) is 0 Å². The summed E-state index contributed by atoms with van der Waals surface area (Å²) in [5.41, 5.74) is 4.77. The monoisotopic (exact) mass is 464 g/mol. The molecule has 0 unspecified atom stereocenters. The fraction of sp³-hybridized carbons (Fsp3) is 0.333. The van der Waals surface area contributed by atoms with Gasteiger partial charge in [0.05, 0.1) is 29.6 Å². The van der Waals surface area contributed by atoms with E-state index in [4.69, 9.17) is 0 Å². The minimum Gasteiger partial charge on any atom is -0.359 e. The van der Waals surface area contributed by atoms with Gasteiger partial charge in [0.25, 0.3) is 5.91 Å². The number of aromatic nitrogens is 4. The molecule has 3 heterocycles. The maximum Gasteiger partial charge on any atom is 0.263 e. The van der Waals surface area contributed by atoms with Gasteiger partial charge in [-0.05, 0) is 31.0 Å². The number of rotatable bonds is 10. The maximum atomic E-state index is 12.7. The first-order valence-electron chi connectivity index (χ1n) is 11.1. The van der Waals surface area contributed by atoms with Crippen LogP contribution in [0.1, 0.15) is 53.6 Å². The molecule has 0 bridgehead atoms. The molecule has 8 nitrogen and oxygen atoms in total. The first kappa shape index (κ1) is 22.7. The molecule has 0 radical (unpaired) electrons. The number of unbranched alkanes of at least 4 members (excludes halogenated alkanes) is 2. The van der Waals surface area contributed by atoms with Gasteiger partial charge in [-0.15, -0.1) is 11.3 Å². The van der Waals surface area contributed by atoms with Gasteiger partial charge in [0.1, 0.15) is 10.7 Å². The number of amides is 2. The number of benzene rings is 1. The van der Waals surface area contributed by atoms with Crippen LogP contribution in [-0.2, 0) is 11.8 Å². The highest BCUT2D eigenvalue weighted by Gasteiger charge is 2.20. The largest absolute Gasteiger partial charge is 0.359 e. The van der Waals surface area contributed by atoms with Crippen LogP contribution >= 0.6 is 11.3 Å². The van der Waals surface area contributed by atoms with Crippen LogP contribution in [0.3, 0.4) is 0 Å². The van der Waals surface area contributed by atoms with Gasteiger partial charge in [-0.2, -0.15) is 0 Å². The fourth-order valence-electron chi connectivity index (χ4n) is 3.88. The van der Waals surface area contributed by atoms with Crippen molar-refractivity contribution in [2.24, 2.45) is 7.05 Å². The number of carbonyl (C=O) groups is 2. The number of imidazole rings is 1. The Hall–Kier alpha value is -3.46. The van der Waals surface area contributed by atoms with E-state index >= 15 is 0 Å². The molecule has 0 aliphatic heterocycles. The molecule has 172 valence electrons. The number of hydrogen-bond acceptors (Lipinski definition) is 5. The molecule has 3 aromatic heterocycles. The van der Waals surface area contributed by atoms with E-state index in [2.05, 4.69) is 54.4 Å². The van der Waals surface area contributed by atoms with Crippen molar-refractivity contribution in [3.05, 3.63) is 59.1 Å². The molecule has 4 rings (SSSR count). The Morgan fingerprint density at radius 2 is 2.06 bits per heavy atom. The van der Waals surface area contributed by atoms with E-state index < -0.39 is 0 Å². The lowest BCUT2D eigenvalue weighted by Crippen LogP contribution is -2.28. The summed E-state index contributed by atoms with van der Waals surface area (Å²) in [6.07, 6.45) is 9.26. The van der Waals surface area contributed by atoms with Crippen LogP contribution in [0.5, 0.6) is 0 Å². The SMILES string of the molecule is CNC(=O)CCCCC[C@H](NC(=O)c1cncs1)c1ncc(-c2ccc3c(ccn3C)c2)[nH]1. The molecule has 9 heteroatoms. The Labute approximate surface area is 196 Å². The lowest BCUT2D eigenvalue weighted by molar-refractivity contribution is -0.120. The summed E-state index contributed by atoms with van der Waals surface area (Å²) in [6.45, 7) is 0. The maximum absolute atomic E-state index is 12.7. The van der Waals surface area contributed by atoms with Gasteiger partial charge in [-0.1, -0.05) is 18.9 Å². The molecule has 0 fully saturated rings. The predicted molar refractivity (Wildman–Crippen MR) is 130 cm³/mol. The predicted octanol–water partition coefficient (Wildman–Crippen LogP) is 4.19. The van der Waals surface area contributed by atoms with E-state index in [-0.39, 0.29) is 17.9 Å². The standard InChI is InChI=1S/C24H28N6O2S/c1-25-22(31)7-5-3-4-6-18(29-24(32)21-14-26-15-33-21)23-27-13-19(28-23)16-8-9-20-17(12-16)10-11-30(20)2/h8-15,18H,3-7H2,1-2H3,(H,25,31)(H,27,28)(H,29,32)/t18-/m0/s1. The number of carbonyl (C=O) groups excluding carboxylic acids is 2. The number of hydrogen-bond donors (Lipinski definition) is 3. The lowest BCUT2D eigenvalue weighted by Gasteiger charge is -2.16. The third-order valence-electron chi connectivity index (χ3n) is 5.76. The van der Waals surface area contributed by atoms with Gasteiger partial charge in [0.2, 0.25) is 5.91 Å². The summed E-state index contributed by atoms with van der Waals surface area (Å²) < 4.78 is 2.09. The lowest BCUT2D eigenvalue weighted by atomic mass is 10.1. The number of H-pyrrole nitrogens is 1. The second-order valence-corrected chi connectivity index (χ2v) is 8.93. The zero-order valence-electron chi connectivity index (χ0n) is 18.8. The average Bonchev–Trinajstić information content (AvgIpc) is 3.59. The van der Waals surface area contributed by atoms with E-state index in [0.717, 1.165) is 48.2 Å². The summed E-state index contributed by atoms with van der Waals surface area (Å²) in [7, 11) is 3.68. The van der Waals surface area contributed by atoms with Crippen molar-refractivity contribution >= 4 is 34.1 Å². The molecule has 0 aliphatic carbocycles. The Morgan fingerprint density at radius 3 is 2.85 bits per heavy atom. The molecular formula is C24H28N6O2S. The molecule has 33 heavy (non-hydrogen) atoms. The van der Waals surface area contributed by atoms with E-state index in [1.807, 2.05) is 19.4 Å². The minimum atomic E-state index is -0.256. The number of nitrogens with one attached hydrogen (secondary N) is 3. The average molecular weight is 465 g/mol. The number of thiazole rings is 1. The Balaban J connectivity index is 1.48. The third-order valence-corrected chi connectivity index (χ3v) is 6.53. The highest BCUT2D eigenvalue weighted by molar-refractivity contribution is 7.11. The summed E-state index contributed by atoms with van der Waals surface area (Å²) in [6, 6.07) is 8.14. The highest BCUT2D eigenvalue weighted by Crippen LogP contribution is 2.26. The second kappa shape index (κ2) is 10.4. The summed E-state index contributed by atoms with van der Waals surface area (Å²) in [4.78, 5) is 36.7. The van der Waals surface area contributed by atoms with Crippen LogP contribution in [-0.4, -0.2) is 38.4 Å². The number of fused-ring (bicyclic) bond motifs is 1. The van der Waals surface area contributed by atoms with E-state index in [1.54, 1.807) is 18.8 Å². The summed E-state index contributed by atoms with van der Waals surface area (Å²) >= 11 is 1.31. The molecule has 4 aromatic rings. The molecular weight excluding hydrogens is 436 g/mol. The van der Waals surface area contributed by atoms with Crippen LogP contribution in [0, 0.1) is 0 Å². The molecule has 0 saturated heterocycles. The van der Waals surface area contributed by atoms with Gasteiger partial charge >= 0.3 is 0 Å². The molecule has 0 aliphatic rings. The Kier molecular flexibility index (Phi) is 7.19. The number of aryl methyl sites for hydroxylation is 1. The first-order valence-corrected chi connectivity index (χ1v) is 11.9. The zero-order valence-corrected chi connectivity index (χ0v) is 19.6. The fourth-order valence-corrected chi connectivity index (χ4v) is 4.40. The summed E-state index contributed by atoms with van der Waals surface area (Å²) in [5.74, 6) is 0.620. The van der Waals surface area contributed by atoms with Crippen molar-refractivity contribution in [2.75, 3.05) is 7.05 Å². The third kappa shape index (κ3) is 5.48. The molecule has 1 aromatic carbocycles. The van der Waals surface area contributed by atoms with Crippen molar-refractivity contribution in [1.82, 2.24) is 30.2 Å². The molecule has 0 spiro atoms. The smallest absolute Gasteiger partial charge is 0.263 e. The topological polar surface area (TPSA) is 105 Å². The van der Waals surface area contributed by atoms with Gasteiger partial charge in [-0.25, -0.2) is 4.98 Å². The van der Waals surface area contributed by atoms with Crippen LogP contribution in [0.15, 0.2) is 48.4 Å². The van der Waals surface area contributed by atoms with Gasteiger partial charge in [-0.3, -0.25) is 14.6 Å². The van der Waals surface area contributed by atoms with E-state index in [9.17, 15) is 9.59 Å². The molecule has 3 N–H and O–H groups in total.